The van der Waals surface area contributed by atoms with Crippen LogP contribution in [0.5, 0.6) is 0 Å². The number of hydrogen-bond donors (Lipinski definition) is 2. The third-order valence-corrected chi connectivity index (χ3v) is 2.82. The number of carbonyl (C=O) groups excluding carboxylic acids is 2. The van der Waals surface area contributed by atoms with E-state index in [9.17, 15) is 9.59 Å². The summed E-state index contributed by atoms with van der Waals surface area (Å²) in [6.07, 6.45) is 1.97. The summed E-state index contributed by atoms with van der Waals surface area (Å²) in [5.74, 6) is 0.160. The molecule has 0 aliphatic rings. The zero-order chi connectivity index (χ0) is 16.6. The van der Waals surface area contributed by atoms with Crippen molar-refractivity contribution in [3.8, 4) is 0 Å². The minimum atomic E-state index is -0.571. The molecule has 0 spiro atoms. The number of ether oxygens (including phenoxy) is 1. The zero-order valence-corrected chi connectivity index (χ0v) is 14.6. The largest absolute Gasteiger partial charge is 0.444 e. The number of nitrogens with one attached hydrogen (secondary N) is 2. The molecule has 0 heterocycles. The average Bonchev–Trinajstić information content (AvgIpc) is 2.24. The molecular weight excluding hydrogens is 268 g/mol. The maximum Gasteiger partial charge on any atom is 0.408 e. The topological polar surface area (TPSA) is 67.4 Å². The molecular formula is C16H32N2O3. The van der Waals surface area contributed by atoms with Gasteiger partial charge >= 0.3 is 6.09 Å². The molecule has 0 rings (SSSR count). The smallest absolute Gasteiger partial charge is 0.408 e. The summed E-state index contributed by atoms with van der Waals surface area (Å²) in [6, 6.07) is -0.447. The van der Waals surface area contributed by atoms with Crippen LogP contribution in [-0.4, -0.2) is 29.7 Å². The van der Waals surface area contributed by atoms with Gasteiger partial charge in [0.1, 0.15) is 11.6 Å². The SMILES string of the molecule is CCCC(C)NC(=O)C(CC(C)C)NC(=O)OC(C)(C)C. The van der Waals surface area contributed by atoms with Crippen molar-refractivity contribution in [3.05, 3.63) is 0 Å². The second kappa shape index (κ2) is 8.90. The Hall–Kier alpha value is -1.26. The molecule has 0 aliphatic heterocycles. The highest BCUT2D eigenvalue weighted by Gasteiger charge is 2.25. The molecule has 2 amide bonds. The summed E-state index contributed by atoms with van der Waals surface area (Å²) in [5.41, 5.74) is -0.571. The zero-order valence-electron chi connectivity index (χ0n) is 14.6. The van der Waals surface area contributed by atoms with Gasteiger partial charge in [0.05, 0.1) is 0 Å². The van der Waals surface area contributed by atoms with Crippen molar-refractivity contribution in [2.45, 2.75) is 85.4 Å². The van der Waals surface area contributed by atoms with Gasteiger partial charge in [0.15, 0.2) is 0 Å². The van der Waals surface area contributed by atoms with Crippen LogP contribution in [0.15, 0.2) is 0 Å². The van der Waals surface area contributed by atoms with Crippen LogP contribution < -0.4 is 10.6 Å². The third kappa shape index (κ3) is 10.2. The molecule has 2 N–H and O–H groups in total. The Labute approximate surface area is 129 Å². The van der Waals surface area contributed by atoms with E-state index in [4.69, 9.17) is 4.74 Å². The van der Waals surface area contributed by atoms with Gasteiger partial charge < -0.3 is 15.4 Å². The van der Waals surface area contributed by atoms with E-state index in [1.807, 2.05) is 20.8 Å². The predicted molar refractivity (Wildman–Crippen MR) is 85.1 cm³/mol. The lowest BCUT2D eigenvalue weighted by Gasteiger charge is -2.25. The summed E-state index contributed by atoms with van der Waals surface area (Å²) in [4.78, 5) is 24.1. The number of amides is 2. The standard InChI is InChI=1S/C16H32N2O3/c1-8-9-12(4)17-14(19)13(10-11(2)3)18-15(20)21-16(5,6)7/h11-13H,8-10H2,1-7H3,(H,17,19)(H,18,20). The van der Waals surface area contributed by atoms with Gasteiger partial charge in [0.2, 0.25) is 5.91 Å². The Morgan fingerprint density at radius 2 is 1.67 bits per heavy atom. The normalized spacial score (nSPS) is 14.5. The molecule has 0 saturated heterocycles. The van der Waals surface area contributed by atoms with Gasteiger partial charge in [0, 0.05) is 6.04 Å². The van der Waals surface area contributed by atoms with E-state index in [0.29, 0.717) is 12.3 Å². The van der Waals surface area contributed by atoms with Crippen molar-refractivity contribution in [3.63, 3.8) is 0 Å². The van der Waals surface area contributed by atoms with E-state index in [1.54, 1.807) is 20.8 Å². The summed E-state index contributed by atoms with van der Waals surface area (Å²) in [7, 11) is 0. The highest BCUT2D eigenvalue weighted by molar-refractivity contribution is 5.85. The molecule has 0 bridgehead atoms. The molecule has 0 radical (unpaired) electrons. The first-order chi connectivity index (χ1) is 9.55. The number of rotatable bonds is 7. The van der Waals surface area contributed by atoms with Gasteiger partial charge in [-0.2, -0.15) is 0 Å². The van der Waals surface area contributed by atoms with Gasteiger partial charge in [-0.05, 0) is 46.5 Å². The van der Waals surface area contributed by atoms with E-state index >= 15 is 0 Å². The molecule has 0 aromatic rings. The minimum Gasteiger partial charge on any atom is -0.444 e. The van der Waals surface area contributed by atoms with E-state index in [1.165, 1.54) is 0 Å². The lowest BCUT2D eigenvalue weighted by atomic mass is 10.0. The number of alkyl carbamates (subject to hydrolysis) is 1. The molecule has 21 heavy (non-hydrogen) atoms. The minimum absolute atomic E-state index is 0.109. The van der Waals surface area contributed by atoms with Crippen LogP contribution in [-0.2, 0) is 9.53 Å². The van der Waals surface area contributed by atoms with Gasteiger partial charge in [0.25, 0.3) is 0 Å². The molecule has 0 fully saturated rings. The Kier molecular flexibility index (Phi) is 8.37. The third-order valence-electron chi connectivity index (χ3n) is 2.82. The first-order valence-corrected chi connectivity index (χ1v) is 7.85. The summed E-state index contributed by atoms with van der Waals surface area (Å²) < 4.78 is 5.22. The van der Waals surface area contributed by atoms with Crippen molar-refractivity contribution in [2.24, 2.45) is 5.92 Å². The number of carbonyl (C=O) groups is 2. The van der Waals surface area contributed by atoms with Gasteiger partial charge in [-0.25, -0.2) is 4.79 Å². The monoisotopic (exact) mass is 300 g/mol. The fourth-order valence-electron chi connectivity index (χ4n) is 2.00. The van der Waals surface area contributed by atoms with Crippen molar-refractivity contribution >= 4 is 12.0 Å². The van der Waals surface area contributed by atoms with Crippen LogP contribution in [0.1, 0.15) is 67.7 Å². The molecule has 2 unspecified atom stereocenters. The van der Waals surface area contributed by atoms with E-state index in [-0.39, 0.29) is 11.9 Å². The first-order valence-electron chi connectivity index (χ1n) is 7.85. The maximum atomic E-state index is 12.3. The highest BCUT2D eigenvalue weighted by atomic mass is 16.6. The van der Waals surface area contributed by atoms with E-state index < -0.39 is 17.7 Å². The fraction of sp³-hybridized carbons (Fsp3) is 0.875. The molecule has 5 heteroatoms. The highest BCUT2D eigenvalue weighted by Crippen LogP contribution is 2.10. The first kappa shape index (κ1) is 19.7. The molecule has 2 atom stereocenters. The van der Waals surface area contributed by atoms with Crippen LogP contribution in [0.2, 0.25) is 0 Å². The molecule has 0 aliphatic carbocycles. The Morgan fingerprint density at radius 3 is 2.10 bits per heavy atom. The molecule has 0 aromatic heterocycles. The average molecular weight is 300 g/mol. The van der Waals surface area contributed by atoms with Crippen LogP contribution >= 0.6 is 0 Å². The lowest BCUT2D eigenvalue weighted by molar-refractivity contribution is -0.124. The second-order valence-electron chi connectivity index (χ2n) is 7.03. The number of hydrogen-bond acceptors (Lipinski definition) is 3. The van der Waals surface area contributed by atoms with Crippen molar-refractivity contribution in [2.75, 3.05) is 0 Å². The van der Waals surface area contributed by atoms with Crippen LogP contribution in [0, 0.1) is 5.92 Å². The predicted octanol–water partition coefficient (Wildman–Crippen LogP) is 3.23. The molecule has 124 valence electrons. The van der Waals surface area contributed by atoms with Crippen LogP contribution in [0.25, 0.3) is 0 Å². The Bertz CT molecular complexity index is 335. The second-order valence-corrected chi connectivity index (χ2v) is 7.03. The van der Waals surface area contributed by atoms with E-state index in [0.717, 1.165) is 12.8 Å². The van der Waals surface area contributed by atoms with Gasteiger partial charge in [-0.15, -0.1) is 0 Å². The fourth-order valence-corrected chi connectivity index (χ4v) is 2.00. The quantitative estimate of drug-likeness (QED) is 0.758. The van der Waals surface area contributed by atoms with E-state index in [2.05, 4.69) is 17.6 Å². The lowest BCUT2D eigenvalue weighted by Crippen LogP contribution is -2.50. The summed E-state index contributed by atoms with van der Waals surface area (Å²) >= 11 is 0. The van der Waals surface area contributed by atoms with Gasteiger partial charge in [-0.3, -0.25) is 4.79 Å². The maximum absolute atomic E-state index is 12.3. The molecule has 0 saturated carbocycles. The Balaban J connectivity index is 4.64. The Morgan fingerprint density at radius 1 is 1.10 bits per heavy atom. The van der Waals surface area contributed by atoms with Crippen molar-refractivity contribution in [1.29, 1.82) is 0 Å². The summed E-state index contributed by atoms with van der Waals surface area (Å²) in [5, 5.41) is 5.62. The van der Waals surface area contributed by atoms with Crippen LogP contribution in [0.4, 0.5) is 4.79 Å². The van der Waals surface area contributed by atoms with Crippen molar-refractivity contribution < 1.29 is 14.3 Å². The summed E-state index contributed by atoms with van der Waals surface area (Å²) in [6.45, 7) is 13.5. The van der Waals surface area contributed by atoms with Crippen molar-refractivity contribution in [1.82, 2.24) is 10.6 Å². The van der Waals surface area contributed by atoms with Gasteiger partial charge in [-0.1, -0.05) is 27.2 Å². The molecule has 5 nitrogen and oxygen atoms in total. The molecule has 0 aromatic carbocycles. The van der Waals surface area contributed by atoms with Crippen LogP contribution in [0.3, 0.4) is 0 Å².